The van der Waals surface area contributed by atoms with Crippen LogP contribution in [0.5, 0.6) is 0 Å². The smallest absolute Gasteiger partial charge is 0.311 e. The average Bonchev–Trinajstić information content (AvgIpc) is 2.38. The van der Waals surface area contributed by atoms with Crippen molar-refractivity contribution in [1.82, 2.24) is 4.98 Å². The summed E-state index contributed by atoms with van der Waals surface area (Å²) in [6.07, 6.45) is 5.99. The molecular weight excluding hydrogens is 312 g/mol. The van der Waals surface area contributed by atoms with Crippen molar-refractivity contribution in [2.24, 2.45) is 5.73 Å². The predicted molar refractivity (Wildman–Crippen MR) is 77.2 cm³/mol. The largest absolute Gasteiger partial charge is 0.360 e. The normalized spacial score (nSPS) is 21.2. The van der Waals surface area contributed by atoms with E-state index in [9.17, 15) is 10.1 Å². The number of rotatable bonds is 3. The second-order valence-corrected chi connectivity index (χ2v) is 5.72. The van der Waals surface area contributed by atoms with Gasteiger partial charge in [0.05, 0.1) is 9.40 Å². The van der Waals surface area contributed by atoms with E-state index in [-0.39, 0.29) is 22.7 Å². The summed E-state index contributed by atoms with van der Waals surface area (Å²) in [4.78, 5) is 16.7. The molecule has 0 bridgehead atoms. The van der Waals surface area contributed by atoms with Crippen LogP contribution in [0, 0.1) is 10.1 Å². The van der Waals surface area contributed by atoms with Gasteiger partial charge in [-0.05, 0) is 42.1 Å². The van der Waals surface area contributed by atoms with Crippen molar-refractivity contribution in [3.05, 3.63) is 27.0 Å². The van der Waals surface area contributed by atoms with E-state index in [1.165, 1.54) is 6.20 Å². The Bertz CT molecular complexity index is 481. The van der Waals surface area contributed by atoms with Gasteiger partial charge < -0.3 is 10.6 Å². The van der Waals surface area contributed by atoms with Gasteiger partial charge in [-0.25, -0.2) is 0 Å². The standard InChI is InChI=1S/C12H17BrN4O2/c1-8(14)10-4-2-3-5-16(10)12-9(13)6-15-7-11(12)17(18)19/h6-8,10H,2-5,14H2,1H3. The third-order valence-corrected chi connectivity index (χ3v) is 4.07. The zero-order chi connectivity index (χ0) is 14.0. The molecule has 0 saturated carbocycles. The van der Waals surface area contributed by atoms with Gasteiger partial charge in [-0.15, -0.1) is 0 Å². The molecule has 0 spiro atoms. The van der Waals surface area contributed by atoms with Crippen LogP contribution >= 0.6 is 15.9 Å². The topological polar surface area (TPSA) is 85.3 Å². The first-order chi connectivity index (χ1) is 9.02. The molecule has 0 radical (unpaired) electrons. The highest BCUT2D eigenvalue weighted by molar-refractivity contribution is 9.10. The zero-order valence-corrected chi connectivity index (χ0v) is 12.3. The summed E-state index contributed by atoms with van der Waals surface area (Å²) in [5.74, 6) is 0. The van der Waals surface area contributed by atoms with Crippen molar-refractivity contribution in [2.45, 2.75) is 38.3 Å². The highest BCUT2D eigenvalue weighted by atomic mass is 79.9. The fraction of sp³-hybridized carbons (Fsp3) is 0.583. The average molecular weight is 329 g/mol. The van der Waals surface area contributed by atoms with E-state index in [1.54, 1.807) is 6.20 Å². The lowest BCUT2D eigenvalue weighted by Gasteiger charge is -2.39. The van der Waals surface area contributed by atoms with Crippen molar-refractivity contribution in [3.8, 4) is 0 Å². The fourth-order valence-corrected chi connectivity index (χ4v) is 3.17. The lowest BCUT2D eigenvalue weighted by Crippen LogP contribution is -2.49. The molecule has 1 aliphatic rings. The Balaban J connectivity index is 2.46. The number of hydrogen-bond donors (Lipinski definition) is 1. The first-order valence-corrected chi connectivity index (χ1v) is 7.11. The number of hydrogen-bond acceptors (Lipinski definition) is 5. The summed E-state index contributed by atoms with van der Waals surface area (Å²) < 4.78 is 0.647. The van der Waals surface area contributed by atoms with Crippen LogP contribution in [0.2, 0.25) is 0 Å². The van der Waals surface area contributed by atoms with E-state index in [1.807, 2.05) is 6.92 Å². The minimum Gasteiger partial charge on any atom is -0.360 e. The van der Waals surface area contributed by atoms with Crippen LogP contribution in [-0.4, -0.2) is 28.5 Å². The lowest BCUT2D eigenvalue weighted by molar-refractivity contribution is -0.384. The van der Waals surface area contributed by atoms with E-state index in [0.717, 1.165) is 25.8 Å². The Morgan fingerprint density at radius 1 is 1.58 bits per heavy atom. The molecule has 2 rings (SSSR count). The van der Waals surface area contributed by atoms with E-state index < -0.39 is 0 Å². The van der Waals surface area contributed by atoms with Gasteiger partial charge >= 0.3 is 5.69 Å². The Morgan fingerprint density at radius 2 is 2.32 bits per heavy atom. The minimum atomic E-state index is -0.389. The molecule has 1 fully saturated rings. The Morgan fingerprint density at radius 3 is 2.95 bits per heavy atom. The summed E-state index contributed by atoms with van der Waals surface area (Å²) in [6, 6.07) is 0.103. The SMILES string of the molecule is CC(N)C1CCCCN1c1c(Br)cncc1[N+](=O)[O-]. The molecule has 104 valence electrons. The van der Waals surface area contributed by atoms with Crippen molar-refractivity contribution >= 4 is 27.3 Å². The Labute approximate surface area is 120 Å². The first-order valence-electron chi connectivity index (χ1n) is 6.32. The molecule has 2 atom stereocenters. The van der Waals surface area contributed by atoms with Gasteiger partial charge in [0.1, 0.15) is 11.9 Å². The van der Waals surface area contributed by atoms with Crippen molar-refractivity contribution in [3.63, 3.8) is 0 Å². The second-order valence-electron chi connectivity index (χ2n) is 4.86. The highest BCUT2D eigenvalue weighted by Gasteiger charge is 2.32. The maximum absolute atomic E-state index is 11.2. The van der Waals surface area contributed by atoms with Crippen LogP contribution in [0.4, 0.5) is 11.4 Å². The molecular formula is C12H17BrN4O2. The van der Waals surface area contributed by atoms with Crippen molar-refractivity contribution in [1.29, 1.82) is 0 Å². The maximum atomic E-state index is 11.2. The number of aromatic nitrogens is 1. The van der Waals surface area contributed by atoms with Crippen LogP contribution in [0.3, 0.4) is 0 Å². The van der Waals surface area contributed by atoms with Crippen LogP contribution in [0.1, 0.15) is 26.2 Å². The zero-order valence-electron chi connectivity index (χ0n) is 10.8. The first kappa shape index (κ1) is 14.2. The van der Waals surface area contributed by atoms with Crippen molar-refractivity contribution < 1.29 is 4.92 Å². The van der Waals surface area contributed by atoms with Crippen LogP contribution in [0.15, 0.2) is 16.9 Å². The molecule has 2 N–H and O–H groups in total. The lowest BCUT2D eigenvalue weighted by atomic mass is 9.96. The molecule has 2 heterocycles. The van der Waals surface area contributed by atoms with E-state index in [0.29, 0.717) is 10.2 Å². The van der Waals surface area contributed by atoms with Crippen molar-refractivity contribution in [2.75, 3.05) is 11.4 Å². The third-order valence-electron chi connectivity index (χ3n) is 3.49. The minimum absolute atomic E-state index is 0.0278. The number of halogens is 1. The summed E-state index contributed by atoms with van der Waals surface area (Å²) in [5.41, 5.74) is 6.66. The molecule has 19 heavy (non-hydrogen) atoms. The summed E-state index contributed by atoms with van der Waals surface area (Å²) in [6.45, 7) is 2.74. The molecule has 1 saturated heterocycles. The molecule has 0 aliphatic carbocycles. The quantitative estimate of drug-likeness (QED) is 0.680. The van der Waals surface area contributed by atoms with Gasteiger partial charge in [0.15, 0.2) is 0 Å². The molecule has 0 aromatic carbocycles. The molecule has 1 aromatic rings. The fourth-order valence-electron chi connectivity index (χ4n) is 2.62. The molecule has 1 aliphatic heterocycles. The van der Waals surface area contributed by atoms with Gasteiger partial charge in [0.25, 0.3) is 0 Å². The third kappa shape index (κ3) is 2.87. The monoisotopic (exact) mass is 328 g/mol. The summed E-state index contributed by atoms with van der Waals surface area (Å²) in [5, 5.41) is 11.2. The highest BCUT2D eigenvalue weighted by Crippen LogP contribution is 2.38. The van der Waals surface area contributed by atoms with E-state index >= 15 is 0 Å². The van der Waals surface area contributed by atoms with Gasteiger partial charge in [0.2, 0.25) is 0 Å². The Hall–Kier alpha value is -1.21. The number of nitro groups is 1. The molecule has 6 nitrogen and oxygen atoms in total. The molecule has 1 aromatic heterocycles. The number of anilines is 1. The van der Waals surface area contributed by atoms with Gasteiger partial charge in [-0.3, -0.25) is 15.1 Å². The number of nitrogens with two attached hydrogens (primary N) is 1. The van der Waals surface area contributed by atoms with Gasteiger partial charge in [0, 0.05) is 24.8 Å². The number of pyridine rings is 1. The Kier molecular flexibility index (Phi) is 4.36. The summed E-state index contributed by atoms with van der Waals surface area (Å²) >= 11 is 3.38. The number of nitrogens with zero attached hydrogens (tertiary/aromatic N) is 3. The van der Waals surface area contributed by atoms with E-state index in [2.05, 4.69) is 25.8 Å². The second kappa shape index (κ2) is 5.83. The van der Waals surface area contributed by atoms with Crippen LogP contribution < -0.4 is 10.6 Å². The van der Waals surface area contributed by atoms with Gasteiger partial charge in [-0.2, -0.15) is 0 Å². The van der Waals surface area contributed by atoms with Gasteiger partial charge in [-0.1, -0.05) is 0 Å². The van der Waals surface area contributed by atoms with Crippen LogP contribution in [0.25, 0.3) is 0 Å². The molecule has 7 heteroatoms. The molecule has 0 amide bonds. The number of piperidine rings is 1. The molecule has 2 unspecified atom stereocenters. The predicted octanol–water partition coefficient (Wildman–Crippen LogP) is 2.46. The summed E-state index contributed by atoms with van der Waals surface area (Å²) in [7, 11) is 0. The van der Waals surface area contributed by atoms with Crippen LogP contribution in [-0.2, 0) is 0 Å². The maximum Gasteiger partial charge on any atom is 0.311 e. The van der Waals surface area contributed by atoms with E-state index in [4.69, 9.17) is 5.73 Å².